The average molecular weight is 286 g/mol. The van der Waals surface area contributed by atoms with Gasteiger partial charge in [-0.15, -0.1) is 0 Å². The van der Waals surface area contributed by atoms with Crippen molar-refractivity contribution < 1.29 is 4.74 Å². The summed E-state index contributed by atoms with van der Waals surface area (Å²) in [4.78, 5) is 8.44. The highest BCUT2D eigenvalue weighted by Gasteiger charge is 2.11. The normalized spacial score (nSPS) is 10.2. The lowest BCUT2D eigenvalue weighted by atomic mass is 10.1. The number of hydrogen-bond donors (Lipinski definition) is 2. The van der Waals surface area contributed by atoms with Crippen LogP contribution in [0.5, 0.6) is 5.75 Å². The highest BCUT2D eigenvalue weighted by Crippen LogP contribution is 2.29. The molecule has 5 nitrogen and oxygen atoms in total. The molecule has 5 heteroatoms. The maximum absolute atomic E-state index is 5.40. The van der Waals surface area contributed by atoms with Crippen LogP contribution >= 0.6 is 0 Å². The zero-order valence-electron chi connectivity index (χ0n) is 12.8. The summed E-state index contributed by atoms with van der Waals surface area (Å²) in [5, 5.41) is 6.47. The van der Waals surface area contributed by atoms with Crippen LogP contribution in [0.4, 0.5) is 11.6 Å². The van der Waals surface area contributed by atoms with Crippen molar-refractivity contribution in [2.45, 2.75) is 26.8 Å². The standard InChI is InChI=1S/C16H22N4O/c1-4-12-6-8-13(9-7-12)10-18-16-14(21-3)15(17-5-2)19-11-20-16/h6-9,11H,4-5,10H2,1-3H3,(H2,17,18,19,20). The van der Waals surface area contributed by atoms with Gasteiger partial charge in [-0.3, -0.25) is 0 Å². The molecule has 0 unspecified atom stereocenters. The number of aromatic nitrogens is 2. The second-order valence-electron chi connectivity index (χ2n) is 4.66. The Morgan fingerprint density at radius 2 is 1.57 bits per heavy atom. The van der Waals surface area contributed by atoms with E-state index in [1.807, 2.05) is 6.92 Å². The molecule has 2 rings (SSSR count). The molecule has 1 aromatic carbocycles. The van der Waals surface area contributed by atoms with Crippen LogP contribution in [0, 0.1) is 0 Å². The predicted octanol–water partition coefficient (Wildman–Crippen LogP) is 3.09. The minimum atomic E-state index is 0.643. The topological polar surface area (TPSA) is 59.1 Å². The Balaban J connectivity index is 2.09. The van der Waals surface area contributed by atoms with Crippen molar-refractivity contribution in [2.24, 2.45) is 0 Å². The predicted molar refractivity (Wildman–Crippen MR) is 85.9 cm³/mol. The highest BCUT2D eigenvalue weighted by molar-refractivity contribution is 5.63. The number of ether oxygens (including phenoxy) is 1. The second-order valence-corrected chi connectivity index (χ2v) is 4.66. The molecule has 1 heterocycles. The number of aryl methyl sites for hydroxylation is 1. The average Bonchev–Trinajstić information content (AvgIpc) is 2.54. The van der Waals surface area contributed by atoms with Crippen LogP contribution in [0.3, 0.4) is 0 Å². The molecule has 0 atom stereocenters. The number of nitrogens with one attached hydrogen (secondary N) is 2. The Hall–Kier alpha value is -2.30. The maximum atomic E-state index is 5.40. The first kappa shape index (κ1) is 15.1. The van der Waals surface area contributed by atoms with Crippen LogP contribution in [-0.2, 0) is 13.0 Å². The van der Waals surface area contributed by atoms with Gasteiger partial charge in [-0.25, -0.2) is 9.97 Å². The van der Waals surface area contributed by atoms with Crippen LogP contribution < -0.4 is 15.4 Å². The lowest BCUT2D eigenvalue weighted by Gasteiger charge is -2.13. The van der Waals surface area contributed by atoms with Crippen LogP contribution in [0.1, 0.15) is 25.0 Å². The quantitative estimate of drug-likeness (QED) is 0.819. The Morgan fingerprint density at radius 1 is 0.952 bits per heavy atom. The Morgan fingerprint density at radius 3 is 2.14 bits per heavy atom. The SMILES string of the molecule is CCNc1ncnc(NCc2ccc(CC)cc2)c1OC. The second kappa shape index (κ2) is 7.47. The van der Waals surface area contributed by atoms with Gasteiger partial charge in [-0.2, -0.15) is 0 Å². The fourth-order valence-electron chi connectivity index (χ4n) is 2.06. The van der Waals surface area contributed by atoms with Crippen molar-refractivity contribution in [2.75, 3.05) is 24.3 Å². The third-order valence-corrected chi connectivity index (χ3v) is 3.24. The third kappa shape index (κ3) is 3.84. The van der Waals surface area contributed by atoms with E-state index in [-0.39, 0.29) is 0 Å². The Kier molecular flexibility index (Phi) is 5.37. The molecule has 21 heavy (non-hydrogen) atoms. The van der Waals surface area contributed by atoms with Crippen LogP contribution in [0.2, 0.25) is 0 Å². The maximum Gasteiger partial charge on any atom is 0.204 e. The van der Waals surface area contributed by atoms with Gasteiger partial charge in [0.1, 0.15) is 6.33 Å². The molecule has 0 aliphatic rings. The molecule has 0 radical (unpaired) electrons. The largest absolute Gasteiger partial charge is 0.490 e. The monoisotopic (exact) mass is 286 g/mol. The smallest absolute Gasteiger partial charge is 0.204 e. The number of methoxy groups -OCH3 is 1. The first-order valence-electron chi connectivity index (χ1n) is 7.23. The Labute approximate surface area is 125 Å². The molecule has 0 aliphatic carbocycles. The molecular weight excluding hydrogens is 264 g/mol. The minimum absolute atomic E-state index is 0.643. The van der Waals surface area contributed by atoms with Gasteiger partial charge in [-0.1, -0.05) is 31.2 Å². The van der Waals surface area contributed by atoms with Gasteiger partial charge in [0.15, 0.2) is 11.6 Å². The van der Waals surface area contributed by atoms with E-state index in [9.17, 15) is 0 Å². The molecule has 0 bridgehead atoms. The van der Waals surface area contributed by atoms with E-state index >= 15 is 0 Å². The first-order valence-corrected chi connectivity index (χ1v) is 7.23. The molecule has 0 fully saturated rings. The van der Waals surface area contributed by atoms with Crippen LogP contribution in [0.15, 0.2) is 30.6 Å². The summed E-state index contributed by atoms with van der Waals surface area (Å²) in [7, 11) is 1.63. The first-order chi connectivity index (χ1) is 10.3. The molecule has 1 aromatic heterocycles. The molecule has 2 aromatic rings. The fourth-order valence-corrected chi connectivity index (χ4v) is 2.06. The van der Waals surface area contributed by atoms with Gasteiger partial charge in [-0.05, 0) is 24.5 Å². The van der Waals surface area contributed by atoms with E-state index in [2.05, 4.69) is 51.8 Å². The zero-order valence-corrected chi connectivity index (χ0v) is 12.8. The van der Waals surface area contributed by atoms with Crippen molar-refractivity contribution in [1.29, 1.82) is 0 Å². The summed E-state index contributed by atoms with van der Waals surface area (Å²) in [6.07, 6.45) is 2.59. The van der Waals surface area contributed by atoms with E-state index in [0.29, 0.717) is 23.9 Å². The summed E-state index contributed by atoms with van der Waals surface area (Å²) in [5.74, 6) is 2.05. The Bertz CT molecular complexity index is 569. The molecule has 0 aliphatic heterocycles. The molecule has 0 saturated heterocycles. The van der Waals surface area contributed by atoms with Gasteiger partial charge in [0.05, 0.1) is 7.11 Å². The number of anilines is 2. The number of benzene rings is 1. The van der Waals surface area contributed by atoms with E-state index in [4.69, 9.17) is 4.74 Å². The van der Waals surface area contributed by atoms with Gasteiger partial charge >= 0.3 is 0 Å². The number of hydrogen-bond acceptors (Lipinski definition) is 5. The number of rotatable bonds is 7. The molecule has 0 amide bonds. The summed E-state index contributed by atoms with van der Waals surface area (Å²) >= 11 is 0. The lowest BCUT2D eigenvalue weighted by Crippen LogP contribution is -2.08. The van der Waals surface area contributed by atoms with Crippen molar-refractivity contribution in [3.63, 3.8) is 0 Å². The zero-order chi connectivity index (χ0) is 15.1. The van der Waals surface area contributed by atoms with Crippen molar-refractivity contribution in [3.8, 4) is 5.75 Å². The third-order valence-electron chi connectivity index (χ3n) is 3.24. The summed E-state index contributed by atoms with van der Waals surface area (Å²) in [5.41, 5.74) is 2.55. The van der Waals surface area contributed by atoms with Crippen LogP contribution in [-0.4, -0.2) is 23.6 Å². The van der Waals surface area contributed by atoms with E-state index in [1.165, 1.54) is 17.5 Å². The van der Waals surface area contributed by atoms with Crippen molar-refractivity contribution in [1.82, 2.24) is 9.97 Å². The molecule has 0 saturated carbocycles. The molecule has 2 N–H and O–H groups in total. The van der Waals surface area contributed by atoms with Gasteiger partial charge < -0.3 is 15.4 Å². The lowest BCUT2D eigenvalue weighted by molar-refractivity contribution is 0.414. The van der Waals surface area contributed by atoms with Gasteiger partial charge in [0, 0.05) is 13.1 Å². The summed E-state index contributed by atoms with van der Waals surface area (Å²) < 4.78 is 5.40. The summed E-state index contributed by atoms with van der Waals surface area (Å²) in [6, 6.07) is 8.56. The van der Waals surface area contributed by atoms with Crippen molar-refractivity contribution in [3.05, 3.63) is 41.7 Å². The fraction of sp³-hybridized carbons (Fsp3) is 0.375. The van der Waals surface area contributed by atoms with Gasteiger partial charge in [0.25, 0.3) is 0 Å². The molecule has 112 valence electrons. The van der Waals surface area contributed by atoms with E-state index in [0.717, 1.165) is 13.0 Å². The molecule has 0 spiro atoms. The van der Waals surface area contributed by atoms with E-state index in [1.54, 1.807) is 7.11 Å². The van der Waals surface area contributed by atoms with Crippen molar-refractivity contribution >= 4 is 11.6 Å². The molecular formula is C16H22N4O. The van der Waals surface area contributed by atoms with E-state index < -0.39 is 0 Å². The number of nitrogens with zero attached hydrogens (tertiary/aromatic N) is 2. The van der Waals surface area contributed by atoms with Gasteiger partial charge in [0.2, 0.25) is 5.75 Å². The summed E-state index contributed by atoms with van der Waals surface area (Å²) in [6.45, 7) is 5.65. The highest BCUT2D eigenvalue weighted by atomic mass is 16.5. The van der Waals surface area contributed by atoms with Crippen LogP contribution in [0.25, 0.3) is 0 Å². The minimum Gasteiger partial charge on any atom is -0.490 e.